The van der Waals surface area contributed by atoms with Crippen LogP contribution < -0.4 is 0 Å². The SMILES string of the molecule is CCCCCc1ccc(C)c2c1C(CC1=CC=CC1)C=C2. The summed E-state index contributed by atoms with van der Waals surface area (Å²) in [4.78, 5) is 0. The standard InChI is InChI=1S/C21H26/c1-3-4-5-10-18-12-11-16(2)20-14-13-19(21(18)20)15-17-8-6-7-9-17/h6-8,11-14,19H,3-5,9-10,15H2,1-2H3. The molecular weight excluding hydrogens is 252 g/mol. The number of rotatable bonds is 6. The molecule has 2 aliphatic rings. The fourth-order valence-corrected chi connectivity index (χ4v) is 3.64. The molecule has 0 amide bonds. The first-order valence-electron chi connectivity index (χ1n) is 8.44. The van der Waals surface area contributed by atoms with Gasteiger partial charge in [0.05, 0.1) is 0 Å². The number of hydrogen-bond acceptors (Lipinski definition) is 0. The van der Waals surface area contributed by atoms with Crippen molar-refractivity contribution < 1.29 is 0 Å². The third-order valence-corrected chi connectivity index (χ3v) is 4.84. The van der Waals surface area contributed by atoms with E-state index in [-0.39, 0.29) is 0 Å². The minimum Gasteiger partial charge on any atom is -0.0805 e. The van der Waals surface area contributed by atoms with E-state index in [1.54, 1.807) is 16.7 Å². The van der Waals surface area contributed by atoms with Crippen molar-refractivity contribution in [2.75, 3.05) is 0 Å². The Hall–Kier alpha value is -1.56. The molecule has 0 fully saturated rings. The van der Waals surface area contributed by atoms with Gasteiger partial charge in [-0.1, -0.05) is 67.9 Å². The Labute approximate surface area is 129 Å². The van der Waals surface area contributed by atoms with Crippen molar-refractivity contribution in [2.45, 2.75) is 58.3 Å². The maximum atomic E-state index is 2.43. The van der Waals surface area contributed by atoms with Crippen molar-refractivity contribution in [3.05, 3.63) is 64.3 Å². The lowest BCUT2D eigenvalue weighted by molar-refractivity contribution is 0.706. The summed E-state index contributed by atoms with van der Waals surface area (Å²) in [6, 6.07) is 4.69. The Bertz CT molecular complexity index is 599. The minimum atomic E-state index is 0.600. The second-order valence-corrected chi connectivity index (χ2v) is 6.45. The number of aryl methyl sites for hydroxylation is 2. The molecule has 1 unspecified atom stereocenters. The second-order valence-electron chi connectivity index (χ2n) is 6.45. The van der Waals surface area contributed by atoms with E-state index in [1.807, 2.05) is 0 Å². The third kappa shape index (κ3) is 3.05. The van der Waals surface area contributed by atoms with E-state index in [1.165, 1.54) is 43.2 Å². The predicted octanol–water partition coefficient (Wildman–Crippen LogP) is 6.11. The lowest BCUT2D eigenvalue weighted by Crippen LogP contribution is -2.02. The van der Waals surface area contributed by atoms with E-state index in [9.17, 15) is 0 Å². The van der Waals surface area contributed by atoms with Crippen LogP contribution in [-0.4, -0.2) is 0 Å². The molecule has 0 saturated heterocycles. The molecule has 0 nitrogen and oxygen atoms in total. The summed E-state index contributed by atoms with van der Waals surface area (Å²) in [5.74, 6) is 0.600. The van der Waals surface area contributed by atoms with Crippen LogP contribution in [0.1, 0.15) is 67.2 Å². The maximum absolute atomic E-state index is 2.43. The smallest absolute Gasteiger partial charge is 0.00674 e. The van der Waals surface area contributed by atoms with Gasteiger partial charge in [0, 0.05) is 5.92 Å². The zero-order valence-corrected chi connectivity index (χ0v) is 13.4. The number of fused-ring (bicyclic) bond motifs is 1. The largest absolute Gasteiger partial charge is 0.0805 e. The first kappa shape index (κ1) is 14.4. The Morgan fingerprint density at radius 1 is 1.19 bits per heavy atom. The van der Waals surface area contributed by atoms with E-state index in [2.05, 4.69) is 56.4 Å². The first-order chi connectivity index (χ1) is 10.3. The molecule has 1 aromatic rings. The zero-order valence-electron chi connectivity index (χ0n) is 13.4. The summed E-state index contributed by atoms with van der Waals surface area (Å²) in [5, 5.41) is 0. The fraction of sp³-hybridized carbons (Fsp3) is 0.429. The summed E-state index contributed by atoms with van der Waals surface area (Å²) >= 11 is 0. The summed E-state index contributed by atoms with van der Waals surface area (Å²) in [6.45, 7) is 4.53. The summed E-state index contributed by atoms with van der Waals surface area (Å²) < 4.78 is 0. The highest BCUT2D eigenvalue weighted by Gasteiger charge is 2.23. The van der Waals surface area contributed by atoms with Gasteiger partial charge in [-0.2, -0.15) is 0 Å². The van der Waals surface area contributed by atoms with Crippen molar-refractivity contribution in [2.24, 2.45) is 0 Å². The molecule has 2 aliphatic carbocycles. The lowest BCUT2D eigenvalue weighted by Gasteiger charge is -2.18. The molecule has 0 N–H and O–H groups in total. The van der Waals surface area contributed by atoms with Gasteiger partial charge < -0.3 is 0 Å². The van der Waals surface area contributed by atoms with Crippen LogP contribution >= 0.6 is 0 Å². The van der Waals surface area contributed by atoms with Crippen molar-refractivity contribution in [3.8, 4) is 0 Å². The molecule has 0 heterocycles. The Balaban J connectivity index is 1.83. The minimum absolute atomic E-state index is 0.600. The van der Waals surface area contributed by atoms with E-state index in [0.29, 0.717) is 5.92 Å². The summed E-state index contributed by atoms with van der Waals surface area (Å²) in [6.07, 6.45) is 19.1. The molecule has 3 rings (SSSR count). The highest BCUT2D eigenvalue weighted by atomic mass is 14.3. The van der Waals surface area contributed by atoms with Gasteiger partial charge in [-0.15, -0.1) is 0 Å². The van der Waals surface area contributed by atoms with Crippen molar-refractivity contribution in [3.63, 3.8) is 0 Å². The van der Waals surface area contributed by atoms with Crippen LogP contribution in [0.15, 0.2) is 42.0 Å². The molecule has 0 aliphatic heterocycles. The van der Waals surface area contributed by atoms with Crippen LogP contribution in [0.3, 0.4) is 0 Å². The normalized spacial score (nSPS) is 19.1. The quantitative estimate of drug-likeness (QED) is 0.550. The maximum Gasteiger partial charge on any atom is 0.00674 e. The average molecular weight is 278 g/mol. The van der Waals surface area contributed by atoms with Gasteiger partial charge in [0.25, 0.3) is 0 Å². The van der Waals surface area contributed by atoms with Gasteiger partial charge >= 0.3 is 0 Å². The van der Waals surface area contributed by atoms with Gasteiger partial charge in [-0.3, -0.25) is 0 Å². The predicted molar refractivity (Wildman–Crippen MR) is 92.6 cm³/mol. The summed E-state index contributed by atoms with van der Waals surface area (Å²) in [7, 11) is 0. The fourth-order valence-electron chi connectivity index (χ4n) is 3.64. The van der Waals surface area contributed by atoms with Crippen molar-refractivity contribution in [1.29, 1.82) is 0 Å². The highest BCUT2D eigenvalue weighted by molar-refractivity contribution is 5.67. The molecule has 1 atom stereocenters. The number of allylic oxidation sites excluding steroid dienone is 5. The van der Waals surface area contributed by atoms with Gasteiger partial charge in [-0.05, 0) is 54.9 Å². The van der Waals surface area contributed by atoms with Crippen molar-refractivity contribution >= 4 is 6.08 Å². The van der Waals surface area contributed by atoms with E-state index in [4.69, 9.17) is 0 Å². The zero-order chi connectivity index (χ0) is 14.7. The average Bonchev–Trinajstić information content (AvgIpc) is 3.13. The van der Waals surface area contributed by atoms with Crippen molar-refractivity contribution in [1.82, 2.24) is 0 Å². The van der Waals surface area contributed by atoms with Crippen LogP contribution in [-0.2, 0) is 6.42 Å². The molecule has 110 valence electrons. The van der Waals surface area contributed by atoms with Gasteiger partial charge in [0.1, 0.15) is 0 Å². The van der Waals surface area contributed by atoms with E-state index >= 15 is 0 Å². The molecule has 0 saturated carbocycles. The van der Waals surface area contributed by atoms with E-state index in [0.717, 1.165) is 6.42 Å². The topological polar surface area (TPSA) is 0 Å². The van der Waals surface area contributed by atoms with Gasteiger partial charge in [0.2, 0.25) is 0 Å². The Kier molecular flexibility index (Phi) is 4.43. The lowest BCUT2D eigenvalue weighted by atomic mass is 9.86. The number of unbranched alkanes of at least 4 members (excludes halogenated alkanes) is 2. The monoisotopic (exact) mass is 278 g/mol. The van der Waals surface area contributed by atoms with Crippen LogP contribution in [0.5, 0.6) is 0 Å². The number of hydrogen-bond donors (Lipinski definition) is 0. The number of benzene rings is 1. The first-order valence-corrected chi connectivity index (χ1v) is 8.44. The van der Waals surface area contributed by atoms with E-state index < -0.39 is 0 Å². The Morgan fingerprint density at radius 2 is 2.10 bits per heavy atom. The molecule has 0 radical (unpaired) electrons. The second kappa shape index (κ2) is 6.47. The molecule has 0 spiro atoms. The summed E-state index contributed by atoms with van der Waals surface area (Å²) in [5.41, 5.74) is 7.73. The van der Waals surface area contributed by atoms with Crippen LogP contribution in [0.2, 0.25) is 0 Å². The highest BCUT2D eigenvalue weighted by Crippen LogP contribution is 2.40. The van der Waals surface area contributed by atoms with Gasteiger partial charge in [0.15, 0.2) is 0 Å². The molecule has 21 heavy (non-hydrogen) atoms. The van der Waals surface area contributed by atoms with Gasteiger partial charge in [-0.25, -0.2) is 0 Å². The van der Waals surface area contributed by atoms with Crippen LogP contribution in [0, 0.1) is 6.92 Å². The third-order valence-electron chi connectivity index (χ3n) is 4.84. The van der Waals surface area contributed by atoms with Crippen LogP contribution in [0.25, 0.3) is 6.08 Å². The van der Waals surface area contributed by atoms with Crippen LogP contribution in [0.4, 0.5) is 0 Å². The molecule has 0 heteroatoms. The molecular formula is C21H26. The molecule has 1 aromatic carbocycles. The molecule has 0 aromatic heterocycles. The Morgan fingerprint density at radius 3 is 2.86 bits per heavy atom. The molecule has 0 bridgehead atoms.